The molecule has 1 aromatic heterocycles. The molecule has 19 heavy (non-hydrogen) atoms. The maximum Gasteiger partial charge on any atom is 0.317 e. The second-order valence-corrected chi connectivity index (χ2v) is 6.37. The fourth-order valence-electron chi connectivity index (χ4n) is 2.04. The Morgan fingerprint density at radius 2 is 2.37 bits per heavy atom. The van der Waals surface area contributed by atoms with Crippen LogP contribution in [0.1, 0.15) is 30.6 Å². The van der Waals surface area contributed by atoms with Gasteiger partial charge < -0.3 is 15.3 Å². The van der Waals surface area contributed by atoms with Gasteiger partial charge in [-0.05, 0) is 30.2 Å². The van der Waals surface area contributed by atoms with E-state index in [0.717, 1.165) is 12.8 Å². The van der Waals surface area contributed by atoms with E-state index in [1.54, 1.807) is 23.3 Å². The molecule has 2 rings (SSSR count). The van der Waals surface area contributed by atoms with Gasteiger partial charge in [-0.25, -0.2) is 4.79 Å². The Morgan fingerprint density at radius 1 is 1.63 bits per heavy atom. The smallest absolute Gasteiger partial charge is 0.317 e. The van der Waals surface area contributed by atoms with Gasteiger partial charge in [-0.3, -0.25) is 0 Å². The number of nitrogens with one attached hydrogen (secondary N) is 1. The highest BCUT2D eigenvalue weighted by molar-refractivity contribution is 7.10. The molecule has 4 nitrogen and oxygen atoms in total. The summed E-state index contributed by atoms with van der Waals surface area (Å²) in [6, 6.07) is 4.00. The van der Waals surface area contributed by atoms with Crippen LogP contribution >= 0.6 is 11.3 Å². The van der Waals surface area contributed by atoms with E-state index in [0.29, 0.717) is 24.9 Å². The Kier molecular flexibility index (Phi) is 4.82. The minimum atomic E-state index is -0.370. The number of amides is 2. The summed E-state index contributed by atoms with van der Waals surface area (Å²) in [4.78, 5) is 14.8. The first-order valence-electron chi connectivity index (χ1n) is 6.78. The van der Waals surface area contributed by atoms with Crippen LogP contribution in [-0.2, 0) is 0 Å². The molecule has 2 amide bonds. The van der Waals surface area contributed by atoms with E-state index in [2.05, 4.69) is 18.3 Å². The average Bonchev–Trinajstić information content (AvgIpc) is 3.10. The van der Waals surface area contributed by atoms with E-state index in [4.69, 9.17) is 0 Å². The SMILES string of the molecule is CC(CNC(=O)N(C)CC(O)C1CC1)c1cccs1. The van der Waals surface area contributed by atoms with Crippen LogP contribution in [0, 0.1) is 5.92 Å². The van der Waals surface area contributed by atoms with Crippen LogP contribution in [0.5, 0.6) is 0 Å². The van der Waals surface area contributed by atoms with Crippen LogP contribution in [-0.4, -0.2) is 42.3 Å². The highest BCUT2D eigenvalue weighted by Crippen LogP contribution is 2.32. The normalized spacial score (nSPS) is 17.8. The van der Waals surface area contributed by atoms with Gasteiger partial charge in [0.25, 0.3) is 0 Å². The molecule has 106 valence electrons. The van der Waals surface area contributed by atoms with Crippen LogP contribution in [0.2, 0.25) is 0 Å². The summed E-state index contributed by atoms with van der Waals surface area (Å²) in [5.41, 5.74) is 0. The number of rotatable bonds is 6. The Balaban J connectivity index is 1.71. The zero-order valence-electron chi connectivity index (χ0n) is 11.5. The van der Waals surface area contributed by atoms with Crippen LogP contribution < -0.4 is 5.32 Å². The lowest BCUT2D eigenvalue weighted by Crippen LogP contribution is -2.42. The summed E-state index contributed by atoms with van der Waals surface area (Å²) < 4.78 is 0. The number of thiophene rings is 1. The number of aliphatic hydroxyl groups excluding tert-OH is 1. The number of hydrogen-bond acceptors (Lipinski definition) is 3. The van der Waals surface area contributed by atoms with Crippen molar-refractivity contribution in [2.75, 3.05) is 20.1 Å². The quantitative estimate of drug-likeness (QED) is 0.841. The first-order chi connectivity index (χ1) is 9.08. The lowest BCUT2D eigenvalue weighted by atomic mass is 10.1. The van der Waals surface area contributed by atoms with Crippen molar-refractivity contribution in [3.05, 3.63) is 22.4 Å². The molecule has 0 saturated heterocycles. The van der Waals surface area contributed by atoms with Gasteiger partial charge in [-0.1, -0.05) is 13.0 Å². The monoisotopic (exact) mass is 282 g/mol. The van der Waals surface area contributed by atoms with Crippen molar-refractivity contribution in [3.63, 3.8) is 0 Å². The lowest BCUT2D eigenvalue weighted by molar-refractivity contribution is 0.113. The Bertz CT molecular complexity index is 404. The van der Waals surface area contributed by atoms with Crippen molar-refractivity contribution in [2.24, 2.45) is 5.92 Å². The number of nitrogens with zero attached hydrogens (tertiary/aromatic N) is 1. The van der Waals surface area contributed by atoms with Crippen LogP contribution in [0.3, 0.4) is 0 Å². The zero-order valence-corrected chi connectivity index (χ0v) is 12.3. The molecule has 1 aliphatic carbocycles. The molecule has 2 N–H and O–H groups in total. The van der Waals surface area contributed by atoms with Crippen LogP contribution in [0.4, 0.5) is 4.79 Å². The summed E-state index contributed by atoms with van der Waals surface area (Å²) in [6.07, 6.45) is 1.81. The molecular formula is C14H22N2O2S. The van der Waals surface area contributed by atoms with Gasteiger partial charge >= 0.3 is 6.03 Å². The Labute approximate surface area is 118 Å². The summed E-state index contributed by atoms with van der Waals surface area (Å²) in [7, 11) is 1.73. The second kappa shape index (κ2) is 6.39. The Hall–Kier alpha value is -1.07. The maximum absolute atomic E-state index is 11.9. The molecule has 5 heteroatoms. The second-order valence-electron chi connectivity index (χ2n) is 5.39. The molecule has 1 aromatic rings. The van der Waals surface area contributed by atoms with E-state index in [-0.39, 0.29) is 12.1 Å². The van der Waals surface area contributed by atoms with Crippen LogP contribution in [0.15, 0.2) is 17.5 Å². The third-order valence-corrected chi connectivity index (χ3v) is 4.67. The van der Waals surface area contributed by atoms with Gasteiger partial charge in [0.15, 0.2) is 0 Å². The van der Waals surface area contributed by atoms with Crippen molar-refractivity contribution in [2.45, 2.75) is 31.8 Å². The highest BCUT2D eigenvalue weighted by atomic mass is 32.1. The largest absolute Gasteiger partial charge is 0.391 e. The summed E-state index contributed by atoms with van der Waals surface area (Å²) in [5.74, 6) is 0.728. The molecule has 1 heterocycles. The first kappa shape index (κ1) is 14.3. The molecule has 1 fully saturated rings. The lowest BCUT2D eigenvalue weighted by Gasteiger charge is -2.22. The molecule has 0 aromatic carbocycles. The van der Waals surface area contributed by atoms with Crippen molar-refractivity contribution < 1.29 is 9.90 Å². The van der Waals surface area contributed by atoms with Crippen molar-refractivity contribution in [1.29, 1.82) is 0 Å². The first-order valence-corrected chi connectivity index (χ1v) is 7.66. The molecule has 1 aliphatic rings. The number of hydrogen-bond donors (Lipinski definition) is 2. The zero-order chi connectivity index (χ0) is 13.8. The fourth-order valence-corrected chi connectivity index (χ4v) is 2.83. The molecule has 0 radical (unpaired) electrons. The number of carbonyl (C=O) groups is 1. The fraction of sp³-hybridized carbons (Fsp3) is 0.643. The van der Waals surface area contributed by atoms with E-state index in [1.807, 2.05) is 11.4 Å². The topological polar surface area (TPSA) is 52.6 Å². The third-order valence-electron chi connectivity index (χ3n) is 3.56. The number of likely N-dealkylation sites (N-methyl/N-ethyl adjacent to an activating group) is 1. The molecule has 2 unspecified atom stereocenters. The third kappa shape index (κ3) is 4.21. The number of aliphatic hydroxyl groups is 1. The van der Waals surface area contributed by atoms with Crippen molar-refractivity contribution >= 4 is 17.4 Å². The molecule has 1 saturated carbocycles. The van der Waals surface area contributed by atoms with Crippen LogP contribution in [0.25, 0.3) is 0 Å². The predicted molar refractivity (Wildman–Crippen MR) is 77.5 cm³/mol. The van der Waals surface area contributed by atoms with E-state index in [1.165, 1.54) is 4.88 Å². The molecule has 0 bridgehead atoms. The van der Waals surface area contributed by atoms with Gasteiger partial charge in [0.05, 0.1) is 6.10 Å². The van der Waals surface area contributed by atoms with E-state index in [9.17, 15) is 9.90 Å². The predicted octanol–water partition coefficient (Wildman–Crippen LogP) is 2.26. The van der Waals surface area contributed by atoms with E-state index < -0.39 is 0 Å². The van der Waals surface area contributed by atoms with Gasteiger partial charge in [0.1, 0.15) is 0 Å². The Morgan fingerprint density at radius 3 is 2.95 bits per heavy atom. The standard InChI is InChI=1S/C14H22N2O2S/c1-10(13-4-3-7-19-13)8-15-14(18)16(2)9-12(17)11-5-6-11/h3-4,7,10-12,17H,5-6,8-9H2,1-2H3,(H,15,18). The molecular weight excluding hydrogens is 260 g/mol. The minimum Gasteiger partial charge on any atom is -0.391 e. The molecule has 0 spiro atoms. The van der Waals surface area contributed by atoms with Gasteiger partial charge in [-0.2, -0.15) is 0 Å². The number of carbonyl (C=O) groups excluding carboxylic acids is 1. The highest BCUT2D eigenvalue weighted by Gasteiger charge is 2.31. The summed E-state index contributed by atoms with van der Waals surface area (Å²) >= 11 is 1.71. The van der Waals surface area contributed by atoms with Gasteiger partial charge in [0, 0.05) is 30.9 Å². The van der Waals surface area contributed by atoms with Gasteiger partial charge in [-0.15, -0.1) is 11.3 Å². The molecule has 2 atom stereocenters. The summed E-state index contributed by atoms with van der Waals surface area (Å²) in [6.45, 7) is 3.15. The molecule has 0 aliphatic heterocycles. The maximum atomic E-state index is 11.9. The minimum absolute atomic E-state index is 0.108. The van der Waals surface area contributed by atoms with Crippen molar-refractivity contribution in [1.82, 2.24) is 10.2 Å². The van der Waals surface area contributed by atoms with E-state index >= 15 is 0 Å². The average molecular weight is 282 g/mol. The van der Waals surface area contributed by atoms with Crippen molar-refractivity contribution in [3.8, 4) is 0 Å². The number of urea groups is 1. The summed E-state index contributed by atoms with van der Waals surface area (Å²) in [5, 5.41) is 14.8. The van der Waals surface area contributed by atoms with Gasteiger partial charge in [0.2, 0.25) is 0 Å².